The molecule has 5 rings (SSSR count). The molecule has 162 valence electrons. The van der Waals surface area contributed by atoms with Gasteiger partial charge in [-0.1, -0.05) is 42.0 Å². The van der Waals surface area contributed by atoms with Gasteiger partial charge in [-0.3, -0.25) is 14.4 Å². The molecule has 2 heterocycles. The summed E-state index contributed by atoms with van der Waals surface area (Å²) in [4.78, 5) is 34.2. The molecule has 7 heteroatoms. The molecular weight excluding hydrogens is 408 g/mol. The summed E-state index contributed by atoms with van der Waals surface area (Å²) >= 11 is 0. The van der Waals surface area contributed by atoms with Crippen molar-refractivity contribution in [1.82, 2.24) is 0 Å². The van der Waals surface area contributed by atoms with Crippen LogP contribution in [0.5, 0.6) is 11.5 Å². The number of amides is 2. The Morgan fingerprint density at radius 3 is 2.31 bits per heavy atom. The number of methoxy groups -OCH3 is 1. The van der Waals surface area contributed by atoms with Crippen molar-refractivity contribution in [3.05, 3.63) is 83.9 Å². The number of benzene rings is 3. The molecule has 32 heavy (non-hydrogen) atoms. The molecule has 0 aromatic heterocycles. The number of para-hydroxylation sites is 1. The van der Waals surface area contributed by atoms with E-state index in [1.54, 1.807) is 29.3 Å². The van der Waals surface area contributed by atoms with Crippen LogP contribution >= 0.6 is 0 Å². The highest BCUT2D eigenvalue weighted by Crippen LogP contribution is 2.48. The van der Waals surface area contributed by atoms with Crippen molar-refractivity contribution in [3.63, 3.8) is 0 Å². The lowest BCUT2D eigenvalue weighted by molar-refractivity contribution is -0.126. The lowest BCUT2D eigenvalue weighted by Gasteiger charge is -2.29. The van der Waals surface area contributed by atoms with E-state index in [4.69, 9.17) is 9.57 Å². The number of carbonyl (C=O) groups excluding carboxylic acids is 2. The number of ether oxygens (including phenoxy) is 1. The lowest BCUT2D eigenvalue weighted by Crippen LogP contribution is -2.37. The van der Waals surface area contributed by atoms with Gasteiger partial charge in [0.15, 0.2) is 17.6 Å². The van der Waals surface area contributed by atoms with Gasteiger partial charge in [0.05, 0.1) is 24.5 Å². The molecule has 2 saturated heterocycles. The predicted octanol–water partition coefficient (Wildman–Crippen LogP) is 3.76. The Labute approximate surface area is 185 Å². The summed E-state index contributed by atoms with van der Waals surface area (Å²) in [6, 6.07) is 20.9. The minimum absolute atomic E-state index is 0.00640. The number of phenolic OH excluding ortho intramolecular Hbond substituents is 1. The fourth-order valence-corrected chi connectivity index (χ4v) is 4.38. The maximum Gasteiger partial charge on any atom is 0.266 e. The van der Waals surface area contributed by atoms with Gasteiger partial charge in [-0.15, -0.1) is 0 Å². The van der Waals surface area contributed by atoms with Crippen LogP contribution in [0, 0.1) is 12.8 Å². The van der Waals surface area contributed by atoms with Crippen molar-refractivity contribution in [2.45, 2.75) is 19.1 Å². The fourth-order valence-electron chi connectivity index (χ4n) is 4.38. The van der Waals surface area contributed by atoms with Crippen molar-refractivity contribution >= 4 is 23.2 Å². The topological polar surface area (TPSA) is 79.3 Å². The standard InChI is InChI=1S/C25H22N2O5/c1-15-8-11-17(12-9-15)26-24(29)21-22(16-10-13-19(28)20(14-16)31-2)27(32-23(21)25(26)30)18-6-4-3-5-7-18/h3-14,21-23,28H,1-2H3/t21-,22-,23+/m0/s1. The number of rotatable bonds is 4. The van der Waals surface area contributed by atoms with E-state index < -0.39 is 24.0 Å². The Morgan fingerprint density at radius 1 is 0.906 bits per heavy atom. The van der Waals surface area contributed by atoms with Gasteiger partial charge in [-0.2, -0.15) is 0 Å². The summed E-state index contributed by atoms with van der Waals surface area (Å²) in [5.41, 5.74) is 2.98. The Morgan fingerprint density at radius 2 is 1.62 bits per heavy atom. The number of fused-ring (bicyclic) bond motifs is 1. The molecule has 0 bridgehead atoms. The zero-order chi connectivity index (χ0) is 22.4. The molecule has 2 aliphatic heterocycles. The number of anilines is 2. The van der Waals surface area contributed by atoms with E-state index >= 15 is 0 Å². The van der Waals surface area contributed by atoms with Gasteiger partial charge in [-0.05, 0) is 48.9 Å². The Kier molecular flexibility index (Phi) is 4.83. The molecule has 0 spiro atoms. The first-order valence-corrected chi connectivity index (χ1v) is 10.3. The van der Waals surface area contributed by atoms with Crippen LogP contribution in [0.25, 0.3) is 0 Å². The van der Waals surface area contributed by atoms with Gasteiger partial charge in [0.2, 0.25) is 5.91 Å². The van der Waals surface area contributed by atoms with Crippen molar-refractivity contribution in [2.75, 3.05) is 17.1 Å². The first-order valence-electron chi connectivity index (χ1n) is 10.3. The summed E-state index contributed by atoms with van der Waals surface area (Å²) < 4.78 is 5.28. The van der Waals surface area contributed by atoms with E-state index in [9.17, 15) is 14.7 Å². The average Bonchev–Trinajstić information content (AvgIpc) is 3.32. The number of hydroxylamine groups is 1. The van der Waals surface area contributed by atoms with Crippen LogP contribution in [-0.2, 0) is 14.4 Å². The van der Waals surface area contributed by atoms with Crippen molar-refractivity contribution < 1.29 is 24.3 Å². The summed E-state index contributed by atoms with van der Waals surface area (Å²) in [6.07, 6.45) is -0.950. The second kappa shape index (κ2) is 7.69. The number of hydrogen-bond acceptors (Lipinski definition) is 6. The van der Waals surface area contributed by atoms with E-state index in [2.05, 4.69) is 0 Å². The van der Waals surface area contributed by atoms with Gasteiger partial charge in [-0.25, -0.2) is 9.96 Å². The second-order valence-corrected chi connectivity index (χ2v) is 7.94. The first kappa shape index (κ1) is 20.1. The van der Waals surface area contributed by atoms with Gasteiger partial charge >= 0.3 is 0 Å². The molecule has 2 amide bonds. The summed E-state index contributed by atoms with van der Waals surface area (Å²) in [7, 11) is 1.46. The molecule has 0 unspecified atom stereocenters. The maximum absolute atomic E-state index is 13.6. The Bertz CT molecular complexity index is 1180. The summed E-state index contributed by atoms with van der Waals surface area (Å²) in [6.45, 7) is 1.95. The lowest BCUT2D eigenvalue weighted by atomic mass is 9.90. The number of imide groups is 1. The van der Waals surface area contributed by atoms with Crippen molar-refractivity contribution in [1.29, 1.82) is 0 Å². The van der Waals surface area contributed by atoms with Crippen molar-refractivity contribution in [3.8, 4) is 11.5 Å². The van der Waals surface area contributed by atoms with E-state index in [0.717, 1.165) is 11.3 Å². The van der Waals surface area contributed by atoms with Crippen LogP contribution in [0.3, 0.4) is 0 Å². The zero-order valence-electron chi connectivity index (χ0n) is 17.6. The smallest absolute Gasteiger partial charge is 0.266 e. The highest BCUT2D eigenvalue weighted by Gasteiger charge is 2.60. The molecule has 0 aliphatic carbocycles. The number of hydrogen-bond donors (Lipinski definition) is 1. The van der Waals surface area contributed by atoms with Crippen LogP contribution < -0.4 is 14.7 Å². The maximum atomic E-state index is 13.6. The molecule has 3 aromatic carbocycles. The van der Waals surface area contributed by atoms with Crippen LogP contribution in [-0.4, -0.2) is 30.1 Å². The minimum atomic E-state index is -0.950. The molecule has 0 radical (unpaired) electrons. The number of nitrogens with zero attached hydrogens (tertiary/aromatic N) is 2. The molecule has 1 N–H and O–H groups in total. The molecule has 2 aliphatic rings. The van der Waals surface area contributed by atoms with Gasteiger partial charge in [0.25, 0.3) is 5.91 Å². The fraction of sp³-hybridized carbons (Fsp3) is 0.200. The molecular formula is C25H22N2O5. The third-order valence-electron chi connectivity index (χ3n) is 5.96. The zero-order valence-corrected chi connectivity index (χ0v) is 17.6. The minimum Gasteiger partial charge on any atom is -0.504 e. The van der Waals surface area contributed by atoms with Crippen LogP contribution in [0.15, 0.2) is 72.8 Å². The average molecular weight is 430 g/mol. The third-order valence-corrected chi connectivity index (χ3v) is 5.96. The number of aryl methyl sites for hydroxylation is 1. The van der Waals surface area contributed by atoms with Crippen LogP contribution in [0.4, 0.5) is 11.4 Å². The molecule has 3 atom stereocenters. The second-order valence-electron chi connectivity index (χ2n) is 7.94. The van der Waals surface area contributed by atoms with E-state index in [0.29, 0.717) is 11.3 Å². The molecule has 2 fully saturated rings. The van der Waals surface area contributed by atoms with E-state index in [1.807, 2.05) is 49.4 Å². The van der Waals surface area contributed by atoms with Gasteiger partial charge in [0, 0.05) is 0 Å². The molecule has 0 saturated carbocycles. The SMILES string of the molecule is COc1cc([C@H]2[C@@H]3C(=O)N(c4ccc(C)cc4)C(=O)[C@@H]3ON2c2ccccc2)ccc1O. The van der Waals surface area contributed by atoms with Gasteiger partial charge in [0.1, 0.15) is 5.92 Å². The molecule has 7 nitrogen and oxygen atoms in total. The van der Waals surface area contributed by atoms with E-state index in [1.165, 1.54) is 18.1 Å². The van der Waals surface area contributed by atoms with Gasteiger partial charge < -0.3 is 9.84 Å². The largest absolute Gasteiger partial charge is 0.504 e. The quantitative estimate of drug-likeness (QED) is 0.635. The number of carbonyl (C=O) groups is 2. The third kappa shape index (κ3) is 3.09. The monoisotopic (exact) mass is 430 g/mol. The normalized spacial score (nSPS) is 22.4. The molecule has 3 aromatic rings. The number of aromatic hydroxyl groups is 1. The first-order chi connectivity index (χ1) is 15.5. The summed E-state index contributed by atoms with van der Waals surface area (Å²) in [5.74, 6) is -1.19. The highest BCUT2D eigenvalue weighted by atomic mass is 16.7. The summed E-state index contributed by atoms with van der Waals surface area (Å²) in [5, 5.41) is 11.7. The van der Waals surface area contributed by atoms with E-state index in [-0.39, 0.29) is 17.4 Å². The van der Waals surface area contributed by atoms with Crippen molar-refractivity contribution in [2.24, 2.45) is 5.92 Å². The predicted molar refractivity (Wildman–Crippen MR) is 118 cm³/mol. The van der Waals surface area contributed by atoms with Crippen LogP contribution in [0.2, 0.25) is 0 Å². The number of phenols is 1. The Balaban J connectivity index is 1.60. The highest BCUT2D eigenvalue weighted by molar-refractivity contribution is 6.23. The Hall–Kier alpha value is -3.84. The van der Waals surface area contributed by atoms with Crippen LogP contribution in [0.1, 0.15) is 17.2 Å².